The smallest absolute Gasteiger partial charge is 0.326 e. The number of carboxylic acid groups (broad SMARTS) is 1. The number of carbonyl (C=O) groups excluding carboxylic acids is 2. The summed E-state index contributed by atoms with van der Waals surface area (Å²) in [5.41, 5.74) is 5.20. The van der Waals surface area contributed by atoms with Crippen LogP contribution in [0.5, 0.6) is 0 Å². The van der Waals surface area contributed by atoms with Crippen molar-refractivity contribution in [1.82, 2.24) is 5.32 Å². The molecule has 0 aromatic heterocycles. The third-order valence-electron chi connectivity index (χ3n) is 2.19. The molecule has 3 amide bonds. The average molecular weight is 365 g/mol. The summed E-state index contributed by atoms with van der Waals surface area (Å²) in [6, 6.07) is 2.57. The van der Waals surface area contributed by atoms with Gasteiger partial charge in [0.25, 0.3) is 0 Å². The highest BCUT2D eigenvalue weighted by molar-refractivity contribution is 9.10. The highest BCUT2D eigenvalue weighted by Crippen LogP contribution is 2.25. The van der Waals surface area contributed by atoms with E-state index in [1.807, 2.05) is 0 Å². The van der Waals surface area contributed by atoms with Gasteiger partial charge >= 0.3 is 12.0 Å². The van der Waals surface area contributed by atoms with Gasteiger partial charge in [0.15, 0.2) is 0 Å². The Labute approximate surface area is 127 Å². The Balaban J connectivity index is 2.72. The third kappa shape index (κ3) is 5.06. The summed E-state index contributed by atoms with van der Waals surface area (Å²) in [6.07, 6.45) is -0.505. The van der Waals surface area contributed by atoms with Gasteiger partial charge in [0, 0.05) is 4.47 Å². The SMILES string of the molecule is NC(=O)CC(NC(=O)Nc1cc(Br)ccc1Cl)C(=O)O. The molecule has 20 heavy (non-hydrogen) atoms. The molecule has 7 nitrogen and oxygen atoms in total. The molecule has 1 rings (SSSR count). The van der Waals surface area contributed by atoms with Gasteiger partial charge in [0.1, 0.15) is 6.04 Å². The molecule has 108 valence electrons. The Morgan fingerprint density at radius 1 is 1.40 bits per heavy atom. The van der Waals surface area contributed by atoms with Crippen molar-refractivity contribution in [3.63, 3.8) is 0 Å². The van der Waals surface area contributed by atoms with Gasteiger partial charge in [-0.2, -0.15) is 0 Å². The normalized spacial score (nSPS) is 11.5. The van der Waals surface area contributed by atoms with E-state index in [0.29, 0.717) is 10.2 Å². The average Bonchev–Trinajstić information content (AvgIpc) is 2.32. The Morgan fingerprint density at radius 2 is 2.05 bits per heavy atom. The van der Waals surface area contributed by atoms with E-state index in [2.05, 4.69) is 26.6 Å². The van der Waals surface area contributed by atoms with Crippen molar-refractivity contribution < 1.29 is 19.5 Å². The van der Waals surface area contributed by atoms with Crippen molar-refractivity contribution in [3.8, 4) is 0 Å². The molecule has 0 aliphatic carbocycles. The van der Waals surface area contributed by atoms with E-state index < -0.39 is 30.4 Å². The predicted octanol–water partition coefficient (Wildman–Crippen LogP) is 1.55. The zero-order chi connectivity index (χ0) is 15.3. The second-order valence-corrected chi connectivity index (χ2v) is 5.11. The summed E-state index contributed by atoms with van der Waals surface area (Å²) in [4.78, 5) is 33.2. The van der Waals surface area contributed by atoms with Gasteiger partial charge in [0.2, 0.25) is 5.91 Å². The minimum absolute atomic E-state index is 0.283. The molecule has 1 unspecified atom stereocenters. The van der Waals surface area contributed by atoms with Crippen LogP contribution >= 0.6 is 27.5 Å². The highest BCUT2D eigenvalue weighted by atomic mass is 79.9. The number of hydrogen-bond donors (Lipinski definition) is 4. The number of rotatable bonds is 5. The van der Waals surface area contributed by atoms with Crippen LogP contribution in [0.15, 0.2) is 22.7 Å². The number of carboxylic acids is 1. The van der Waals surface area contributed by atoms with E-state index in [4.69, 9.17) is 22.4 Å². The fourth-order valence-corrected chi connectivity index (χ4v) is 1.84. The molecule has 5 N–H and O–H groups in total. The van der Waals surface area contributed by atoms with Crippen molar-refractivity contribution in [2.75, 3.05) is 5.32 Å². The predicted molar refractivity (Wildman–Crippen MR) is 76.5 cm³/mol. The van der Waals surface area contributed by atoms with Crippen LogP contribution in [0, 0.1) is 0 Å². The molecule has 1 aromatic carbocycles. The van der Waals surface area contributed by atoms with Gasteiger partial charge in [-0.1, -0.05) is 27.5 Å². The lowest BCUT2D eigenvalue weighted by Crippen LogP contribution is -2.45. The number of benzene rings is 1. The summed E-state index contributed by atoms with van der Waals surface area (Å²) in [6.45, 7) is 0. The third-order valence-corrected chi connectivity index (χ3v) is 3.01. The van der Waals surface area contributed by atoms with Crippen LogP contribution in [0.1, 0.15) is 6.42 Å². The fraction of sp³-hybridized carbons (Fsp3) is 0.182. The number of anilines is 1. The molecule has 1 aromatic rings. The molecule has 0 fully saturated rings. The maximum atomic E-state index is 11.7. The second-order valence-electron chi connectivity index (χ2n) is 3.78. The van der Waals surface area contributed by atoms with Gasteiger partial charge in [-0.05, 0) is 18.2 Å². The molecule has 0 bridgehead atoms. The lowest BCUT2D eigenvalue weighted by Gasteiger charge is -2.14. The molecular formula is C11H11BrClN3O4. The zero-order valence-corrected chi connectivity index (χ0v) is 12.4. The van der Waals surface area contributed by atoms with Crippen LogP contribution in [0.3, 0.4) is 0 Å². The molecule has 9 heteroatoms. The van der Waals surface area contributed by atoms with Crippen LogP contribution in [-0.4, -0.2) is 29.1 Å². The number of hydrogen-bond acceptors (Lipinski definition) is 3. The number of urea groups is 1. The molecular weight excluding hydrogens is 353 g/mol. The van der Waals surface area contributed by atoms with Gasteiger partial charge in [-0.15, -0.1) is 0 Å². The lowest BCUT2D eigenvalue weighted by atomic mass is 10.2. The number of amides is 3. The van der Waals surface area contributed by atoms with Gasteiger partial charge in [0.05, 0.1) is 17.1 Å². The monoisotopic (exact) mass is 363 g/mol. The molecule has 0 radical (unpaired) electrons. The molecule has 0 aliphatic rings. The first-order valence-electron chi connectivity index (χ1n) is 5.33. The first kappa shape index (κ1) is 16.3. The van der Waals surface area contributed by atoms with Crippen molar-refractivity contribution in [3.05, 3.63) is 27.7 Å². The summed E-state index contributed by atoms with van der Waals surface area (Å²) in [5.74, 6) is -2.20. The minimum atomic E-state index is -1.40. The standard InChI is InChI=1S/C11H11BrClN3O4/c12-5-1-2-6(13)7(3-5)15-11(20)16-8(10(18)19)4-9(14)17/h1-3,8H,4H2,(H2,14,17)(H,18,19)(H2,15,16,20). The van der Waals surface area contributed by atoms with Crippen molar-refractivity contribution >= 4 is 51.1 Å². The van der Waals surface area contributed by atoms with Crippen molar-refractivity contribution in [2.45, 2.75) is 12.5 Å². The van der Waals surface area contributed by atoms with E-state index in [1.54, 1.807) is 18.2 Å². The number of carbonyl (C=O) groups is 3. The number of primary amides is 1. The molecule has 0 saturated carbocycles. The minimum Gasteiger partial charge on any atom is -0.480 e. The Morgan fingerprint density at radius 3 is 2.60 bits per heavy atom. The Kier molecular flexibility index (Phi) is 5.78. The lowest BCUT2D eigenvalue weighted by molar-refractivity contribution is -0.140. The highest BCUT2D eigenvalue weighted by Gasteiger charge is 2.22. The topological polar surface area (TPSA) is 122 Å². The number of nitrogens with two attached hydrogens (primary N) is 1. The Hall–Kier alpha value is -1.80. The zero-order valence-electron chi connectivity index (χ0n) is 10.0. The largest absolute Gasteiger partial charge is 0.480 e. The van der Waals surface area contributed by atoms with E-state index in [-0.39, 0.29) is 5.02 Å². The summed E-state index contributed by atoms with van der Waals surface area (Å²) < 4.78 is 0.684. The van der Waals surface area contributed by atoms with Crippen LogP contribution < -0.4 is 16.4 Å². The van der Waals surface area contributed by atoms with E-state index in [1.165, 1.54) is 0 Å². The first-order chi connectivity index (χ1) is 9.29. The number of nitrogens with one attached hydrogen (secondary N) is 2. The first-order valence-corrected chi connectivity index (χ1v) is 6.50. The van der Waals surface area contributed by atoms with Crippen LogP contribution in [0.25, 0.3) is 0 Å². The van der Waals surface area contributed by atoms with Crippen molar-refractivity contribution in [1.29, 1.82) is 0 Å². The van der Waals surface area contributed by atoms with E-state index in [0.717, 1.165) is 0 Å². The van der Waals surface area contributed by atoms with Crippen molar-refractivity contribution in [2.24, 2.45) is 5.73 Å². The number of halogens is 2. The fourth-order valence-electron chi connectivity index (χ4n) is 1.31. The molecule has 0 heterocycles. The molecule has 1 atom stereocenters. The van der Waals surface area contributed by atoms with Gasteiger partial charge < -0.3 is 21.5 Å². The Bertz CT molecular complexity index is 552. The summed E-state index contributed by atoms with van der Waals surface area (Å²) in [5, 5.41) is 13.6. The molecule has 0 saturated heterocycles. The quantitative estimate of drug-likeness (QED) is 0.633. The van der Waals surface area contributed by atoms with E-state index >= 15 is 0 Å². The van der Waals surface area contributed by atoms with Gasteiger partial charge in [-0.3, -0.25) is 4.79 Å². The maximum absolute atomic E-state index is 11.7. The number of aliphatic carboxylic acids is 1. The van der Waals surface area contributed by atoms with Gasteiger partial charge in [-0.25, -0.2) is 9.59 Å². The molecule has 0 spiro atoms. The summed E-state index contributed by atoms with van der Waals surface area (Å²) >= 11 is 9.08. The second kappa shape index (κ2) is 7.11. The van der Waals surface area contributed by atoms with Crippen LogP contribution in [0.4, 0.5) is 10.5 Å². The van der Waals surface area contributed by atoms with Crippen LogP contribution in [-0.2, 0) is 9.59 Å². The molecule has 0 aliphatic heterocycles. The van der Waals surface area contributed by atoms with E-state index in [9.17, 15) is 14.4 Å². The maximum Gasteiger partial charge on any atom is 0.326 e. The summed E-state index contributed by atoms with van der Waals surface area (Å²) in [7, 11) is 0. The van der Waals surface area contributed by atoms with Crippen LogP contribution in [0.2, 0.25) is 5.02 Å².